The highest BCUT2D eigenvalue weighted by Crippen LogP contribution is 2.44. The number of methoxy groups -OCH3 is 1. The lowest BCUT2D eigenvalue weighted by Gasteiger charge is -2.31. The minimum Gasteiger partial charge on any atom is -0.468 e. The van der Waals surface area contributed by atoms with Crippen molar-refractivity contribution < 1.29 is 23.9 Å². The fourth-order valence-electron chi connectivity index (χ4n) is 4.23. The average Bonchev–Trinajstić information content (AvgIpc) is 3.09. The highest BCUT2D eigenvalue weighted by molar-refractivity contribution is 5.89. The number of carbonyl (C=O) groups excluding carboxylic acids is 3. The fourth-order valence-corrected chi connectivity index (χ4v) is 4.23. The summed E-state index contributed by atoms with van der Waals surface area (Å²) in [5.41, 5.74) is 4.57. The van der Waals surface area contributed by atoms with Crippen molar-refractivity contribution in [2.45, 2.75) is 24.8 Å². The molecule has 2 amide bonds. The van der Waals surface area contributed by atoms with Gasteiger partial charge >= 0.3 is 12.1 Å². The first-order valence-corrected chi connectivity index (χ1v) is 10.1. The fraction of sp³-hybridized carbons (Fsp3) is 0.348. The number of benzene rings is 2. The molecule has 2 aromatic rings. The number of hydrogen-bond donors (Lipinski definition) is 1. The van der Waals surface area contributed by atoms with Crippen LogP contribution in [-0.4, -0.2) is 55.7 Å². The standard InChI is InChI=1S/C23H24N2O5/c1-29-21(26)13-25-12-6-11-20(22(25)27)24-23(28)30-14-19-17-9-4-2-7-15(17)16-8-3-5-10-18(16)19/h2-5,7-10,19-20H,6,11-14H2,1H3,(H,24,28). The Bertz CT molecular complexity index is 928. The predicted molar refractivity (Wildman–Crippen MR) is 110 cm³/mol. The van der Waals surface area contributed by atoms with Gasteiger partial charge in [-0.05, 0) is 35.1 Å². The molecule has 1 saturated heterocycles. The van der Waals surface area contributed by atoms with Gasteiger partial charge in [-0.1, -0.05) is 48.5 Å². The third-order valence-electron chi connectivity index (χ3n) is 5.71. The molecule has 1 aliphatic heterocycles. The summed E-state index contributed by atoms with van der Waals surface area (Å²) in [4.78, 5) is 37.9. The normalized spacial score (nSPS) is 17.8. The molecular formula is C23H24N2O5. The van der Waals surface area contributed by atoms with E-state index >= 15 is 0 Å². The minimum absolute atomic E-state index is 0.0407. The van der Waals surface area contributed by atoms with E-state index in [4.69, 9.17) is 4.74 Å². The van der Waals surface area contributed by atoms with E-state index in [0.29, 0.717) is 19.4 Å². The third kappa shape index (κ3) is 3.87. The Morgan fingerprint density at radius 3 is 2.33 bits per heavy atom. The summed E-state index contributed by atoms with van der Waals surface area (Å²) < 4.78 is 10.1. The Kier molecular flexibility index (Phi) is 5.70. The Hall–Kier alpha value is -3.35. The van der Waals surface area contributed by atoms with E-state index < -0.39 is 18.1 Å². The zero-order valence-electron chi connectivity index (χ0n) is 16.8. The van der Waals surface area contributed by atoms with Gasteiger partial charge in [-0.25, -0.2) is 4.79 Å². The van der Waals surface area contributed by atoms with Gasteiger partial charge < -0.3 is 19.7 Å². The van der Waals surface area contributed by atoms with E-state index in [1.807, 2.05) is 24.3 Å². The van der Waals surface area contributed by atoms with Crippen LogP contribution in [0.2, 0.25) is 0 Å². The van der Waals surface area contributed by atoms with Crippen LogP contribution in [0.1, 0.15) is 29.9 Å². The number of amides is 2. The monoisotopic (exact) mass is 408 g/mol. The van der Waals surface area contributed by atoms with E-state index in [9.17, 15) is 14.4 Å². The number of esters is 1. The van der Waals surface area contributed by atoms with Gasteiger partial charge in [-0.2, -0.15) is 0 Å². The summed E-state index contributed by atoms with van der Waals surface area (Å²) in [7, 11) is 1.28. The van der Waals surface area contributed by atoms with Gasteiger partial charge in [0.2, 0.25) is 5.91 Å². The molecule has 1 N–H and O–H groups in total. The molecule has 1 unspecified atom stereocenters. The number of fused-ring (bicyclic) bond motifs is 3. The van der Waals surface area contributed by atoms with Crippen molar-refractivity contribution in [2.75, 3.05) is 26.8 Å². The van der Waals surface area contributed by atoms with Gasteiger partial charge in [0.15, 0.2) is 0 Å². The molecule has 156 valence electrons. The van der Waals surface area contributed by atoms with Crippen LogP contribution in [0, 0.1) is 0 Å². The van der Waals surface area contributed by atoms with Crippen molar-refractivity contribution in [3.05, 3.63) is 59.7 Å². The van der Waals surface area contributed by atoms with Crippen molar-refractivity contribution in [1.29, 1.82) is 0 Å². The number of nitrogens with zero attached hydrogens (tertiary/aromatic N) is 1. The molecule has 2 aliphatic rings. The summed E-state index contributed by atoms with van der Waals surface area (Å²) in [5, 5.41) is 2.66. The molecule has 7 heteroatoms. The van der Waals surface area contributed by atoms with Gasteiger partial charge in [0.25, 0.3) is 0 Å². The molecule has 1 aliphatic carbocycles. The van der Waals surface area contributed by atoms with Gasteiger partial charge in [0.1, 0.15) is 19.2 Å². The first kappa shape index (κ1) is 19.9. The number of alkyl carbamates (subject to hydrolysis) is 1. The van der Waals surface area contributed by atoms with Crippen LogP contribution in [0.5, 0.6) is 0 Å². The lowest BCUT2D eigenvalue weighted by Crippen LogP contribution is -2.53. The molecule has 1 atom stereocenters. The van der Waals surface area contributed by atoms with E-state index in [2.05, 4.69) is 34.3 Å². The maximum atomic E-state index is 12.5. The van der Waals surface area contributed by atoms with E-state index in [1.165, 1.54) is 12.0 Å². The molecule has 0 radical (unpaired) electrons. The minimum atomic E-state index is -0.695. The van der Waals surface area contributed by atoms with Crippen LogP contribution >= 0.6 is 0 Å². The van der Waals surface area contributed by atoms with E-state index in [0.717, 1.165) is 22.3 Å². The maximum Gasteiger partial charge on any atom is 0.407 e. The van der Waals surface area contributed by atoms with E-state index in [1.54, 1.807) is 0 Å². The number of carbonyl (C=O) groups is 3. The molecule has 1 fully saturated rings. The molecule has 0 bridgehead atoms. The Balaban J connectivity index is 1.38. The highest BCUT2D eigenvalue weighted by atomic mass is 16.5. The zero-order chi connectivity index (χ0) is 21.1. The Morgan fingerprint density at radius 1 is 1.07 bits per heavy atom. The second-order valence-electron chi connectivity index (χ2n) is 7.50. The second-order valence-corrected chi connectivity index (χ2v) is 7.50. The lowest BCUT2D eigenvalue weighted by atomic mass is 9.98. The van der Waals surface area contributed by atoms with Crippen LogP contribution in [0.3, 0.4) is 0 Å². The third-order valence-corrected chi connectivity index (χ3v) is 5.71. The largest absolute Gasteiger partial charge is 0.468 e. The second kappa shape index (κ2) is 8.57. The molecule has 0 saturated carbocycles. The van der Waals surface area contributed by atoms with Crippen molar-refractivity contribution >= 4 is 18.0 Å². The number of hydrogen-bond acceptors (Lipinski definition) is 5. The van der Waals surface area contributed by atoms with Gasteiger partial charge in [0.05, 0.1) is 7.11 Å². The van der Waals surface area contributed by atoms with Gasteiger partial charge in [-0.15, -0.1) is 0 Å². The number of nitrogens with one attached hydrogen (secondary N) is 1. The number of ether oxygens (including phenoxy) is 2. The summed E-state index contributed by atoms with van der Waals surface area (Å²) in [6.45, 7) is 0.543. The molecule has 1 heterocycles. The number of piperidine rings is 1. The van der Waals surface area contributed by atoms with Crippen LogP contribution < -0.4 is 5.32 Å². The number of rotatable bonds is 5. The average molecular weight is 408 g/mol. The first-order chi connectivity index (χ1) is 14.6. The van der Waals surface area contributed by atoms with Crippen molar-refractivity contribution in [3.63, 3.8) is 0 Å². The quantitative estimate of drug-likeness (QED) is 0.769. The van der Waals surface area contributed by atoms with Crippen LogP contribution in [0.25, 0.3) is 11.1 Å². The number of likely N-dealkylation sites (tertiary alicyclic amines) is 1. The predicted octanol–water partition coefficient (Wildman–Crippen LogP) is 2.69. The summed E-state index contributed by atoms with van der Waals surface area (Å²) in [6, 6.07) is 15.5. The van der Waals surface area contributed by atoms with Crippen molar-refractivity contribution in [3.8, 4) is 11.1 Å². The smallest absolute Gasteiger partial charge is 0.407 e. The first-order valence-electron chi connectivity index (χ1n) is 10.1. The topological polar surface area (TPSA) is 84.9 Å². The van der Waals surface area contributed by atoms with Crippen molar-refractivity contribution in [1.82, 2.24) is 10.2 Å². The summed E-state index contributed by atoms with van der Waals surface area (Å²) in [5.74, 6) is -0.814. The molecule has 0 spiro atoms. The van der Waals surface area contributed by atoms with Crippen LogP contribution in [0.4, 0.5) is 4.79 Å². The highest BCUT2D eigenvalue weighted by Gasteiger charge is 2.33. The molecular weight excluding hydrogens is 384 g/mol. The van der Waals surface area contributed by atoms with Crippen LogP contribution in [-0.2, 0) is 19.1 Å². The SMILES string of the molecule is COC(=O)CN1CCCC(NC(=O)OCC2c3ccccc3-c3ccccc32)C1=O. The molecule has 4 rings (SSSR count). The zero-order valence-corrected chi connectivity index (χ0v) is 16.8. The van der Waals surface area contributed by atoms with Crippen molar-refractivity contribution in [2.24, 2.45) is 0 Å². The summed E-state index contributed by atoms with van der Waals surface area (Å²) in [6.07, 6.45) is 0.577. The Labute approximate surface area is 175 Å². The molecule has 2 aromatic carbocycles. The maximum absolute atomic E-state index is 12.5. The molecule has 0 aromatic heterocycles. The van der Waals surface area contributed by atoms with Gasteiger partial charge in [-0.3, -0.25) is 9.59 Å². The lowest BCUT2D eigenvalue weighted by molar-refractivity contribution is -0.148. The molecule has 7 nitrogen and oxygen atoms in total. The van der Waals surface area contributed by atoms with Gasteiger partial charge in [0, 0.05) is 12.5 Å². The molecule has 30 heavy (non-hydrogen) atoms. The Morgan fingerprint density at radius 2 is 1.70 bits per heavy atom. The van der Waals surface area contributed by atoms with E-state index in [-0.39, 0.29) is 25.0 Å². The summed E-state index contributed by atoms with van der Waals surface area (Å²) >= 11 is 0. The van der Waals surface area contributed by atoms with Crippen LogP contribution in [0.15, 0.2) is 48.5 Å².